The van der Waals surface area contributed by atoms with Crippen LogP contribution in [0.3, 0.4) is 0 Å². The van der Waals surface area contributed by atoms with Gasteiger partial charge in [-0.2, -0.15) is 0 Å². The van der Waals surface area contributed by atoms with Crippen LogP contribution in [0.2, 0.25) is 0 Å². The van der Waals surface area contributed by atoms with Gasteiger partial charge in [-0.15, -0.1) is 0 Å². The monoisotopic (exact) mass is 417 g/mol. The molecule has 0 aliphatic heterocycles. The van der Waals surface area contributed by atoms with Crippen LogP contribution < -0.4 is 16.4 Å². The summed E-state index contributed by atoms with van der Waals surface area (Å²) >= 11 is 0. The molecule has 0 spiro atoms. The first kappa shape index (κ1) is 23.4. The number of ether oxygens (including phenoxy) is 1. The SMILES string of the molecule is NC(=O)[C@H](NC(=O)CCCCCNC(=O)OCc1ccccc1)[C@H]1CCCC(=O)C1. The van der Waals surface area contributed by atoms with Crippen molar-refractivity contribution >= 4 is 23.7 Å². The van der Waals surface area contributed by atoms with Gasteiger partial charge in [0.05, 0.1) is 0 Å². The number of rotatable bonds is 11. The van der Waals surface area contributed by atoms with Crippen LogP contribution in [-0.4, -0.2) is 36.3 Å². The van der Waals surface area contributed by atoms with E-state index in [1.54, 1.807) is 0 Å². The second-order valence-electron chi connectivity index (χ2n) is 7.64. The van der Waals surface area contributed by atoms with E-state index in [-0.39, 0.29) is 30.6 Å². The topological polar surface area (TPSA) is 128 Å². The number of amides is 3. The van der Waals surface area contributed by atoms with Gasteiger partial charge in [0.15, 0.2) is 0 Å². The fourth-order valence-electron chi connectivity index (χ4n) is 3.56. The van der Waals surface area contributed by atoms with Crippen LogP contribution in [-0.2, 0) is 25.7 Å². The van der Waals surface area contributed by atoms with E-state index in [0.29, 0.717) is 38.6 Å². The number of alkyl carbamates (subject to hydrolysis) is 1. The molecule has 8 nitrogen and oxygen atoms in total. The highest BCUT2D eigenvalue weighted by molar-refractivity contribution is 5.88. The predicted molar refractivity (Wildman–Crippen MR) is 111 cm³/mol. The van der Waals surface area contributed by atoms with Crippen molar-refractivity contribution in [2.24, 2.45) is 11.7 Å². The number of primary amides is 1. The van der Waals surface area contributed by atoms with Crippen molar-refractivity contribution in [2.75, 3.05) is 6.54 Å². The lowest BCUT2D eigenvalue weighted by atomic mass is 9.83. The molecular formula is C22H31N3O5. The zero-order valence-corrected chi connectivity index (χ0v) is 17.2. The zero-order valence-electron chi connectivity index (χ0n) is 17.2. The summed E-state index contributed by atoms with van der Waals surface area (Å²) in [7, 11) is 0. The molecule has 2 rings (SSSR count). The summed E-state index contributed by atoms with van der Waals surface area (Å²) in [5.41, 5.74) is 6.35. The number of nitrogens with one attached hydrogen (secondary N) is 2. The van der Waals surface area contributed by atoms with E-state index in [1.807, 2.05) is 30.3 Å². The van der Waals surface area contributed by atoms with Crippen molar-refractivity contribution in [3.63, 3.8) is 0 Å². The van der Waals surface area contributed by atoms with Gasteiger partial charge < -0.3 is 21.1 Å². The van der Waals surface area contributed by atoms with E-state index in [4.69, 9.17) is 10.5 Å². The Bertz CT molecular complexity index is 723. The fourth-order valence-corrected chi connectivity index (χ4v) is 3.56. The Hall–Kier alpha value is -2.90. The maximum atomic E-state index is 12.1. The first-order chi connectivity index (χ1) is 14.5. The van der Waals surface area contributed by atoms with Crippen LogP contribution in [0.25, 0.3) is 0 Å². The number of carbonyl (C=O) groups excluding carboxylic acids is 4. The molecule has 164 valence electrons. The number of hydrogen-bond acceptors (Lipinski definition) is 5. The number of Topliss-reactive ketones (excluding diaryl/α,β-unsaturated/α-hetero) is 1. The summed E-state index contributed by atoms with van der Waals surface area (Å²) in [6.07, 6.45) is 4.15. The molecule has 1 aromatic rings. The van der Waals surface area contributed by atoms with E-state index < -0.39 is 18.0 Å². The molecule has 0 radical (unpaired) electrons. The van der Waals surface area contributed by atoms with Crippen molar-refractivity contribution in [2.45, 2.75) is 64.0 Å². The van der Waals surface area contributed by atoms with Gasteiger partial charge in [0.1, 0.15) is 18.4 Å². The molecule has 1 fully saturated rings. The number of nitrogens with two attached hydrogens (primary N) is 1. The highest BCUT2D eigenvalue weighted by Gasteiger charge is 2.31. The summed E-state index contributed by atoms with van der Waals surface area (Å²) in [6.45, 7) is 0.684. The summed E-state index contributed by atoms with van der Waals surface area (Å²) in [4.78, 5) is 47.1. The van der Waals surface area contributed by atoms with Crippen LogP contribution in [0.5, 0.6) is 0 Å². The molecule has 8 heteroatoms. The second-order valence-corrected chi connectivity index (χ2v) is 7.64. The lowest BCUT2D eigenvalue weighted by Gasteiger charge is -2.28. The van der Waals surface area contributed by atoms with Gasteiger partial charge in [-0.05, 0) is 37.2 Å². The number of benzene rings is 1. The number of carbonyl (C=O) groups is 4. The molecule has 2 atom stereocenters. The van der Waals surface area contributed by atoms with Gasteiger partial charge in [-0.1, -0.05) is 36.8 Å². The van der Waals surface area contributed by atoms with Gasteiger partial charge >= 0.3 is 6.09 Å². The van der Waals surface area contributed by atoms with Crippen LogP contribution >= 0.6 is 0 Å². The van der Waals surface area contributed by atoms with E-state index >= 15 is 0 Å². The van der Waals surface area contributed by atoms with Crippen molar-refractivity contribution in [1.29, 1.82) is 0 Å². The molecule has 3 amide bonds. The minimum Gasteiger partial charge on any atom is -0.445 e. The van der Waals surface area contributed by atoms with Gasteiger partial charge in [0, 0.05) is 25.8 Å². The van der Waals surface area contributed by atoms with E-state index in [0.717, 1.165) is 18.4 Å². The third-order valence-corrected chi connectivity index (χ3v) is 5.18. The Morgan fingerprint density at radius 3 is 2.60 bits per heavy atom. The van der Waals surface area contributed by atoms with Crippen molar-refractivity contribution in [1.82, 2.24) is 10.6 Å². The number of unbranched alkanes of at least 4 members (excludes halogenated alkanes) is 2. The van der Waals surface area contributed by atoms with Gasteiger partial charge in [0.25, 0.3) is 0 Å². The Balaban J connectivity index is 1.56. The number of hydrogen-bond donors (Lipinski definition) is 3. The van der Waals surface area contributed by atoms with Crippen LogP contribution in [0, 0.1) is 5.92 Å². The van der Waals surface area contributed by atoms with Crippen molar-refractivity contribution in [3.8, 4) is 0 Å². The molecule has 1 aliphatic carbocycles. The lowest BCUT2D eigenvalue weighted by Crippen LogP contribution is -2.50. The fraction of sp³-hybridized carbons (Fsp3) is 0.545. The van der Waals surface area contributed by atoms with Crippen molar-refractivity contribution in [3.05, 3.63) is 35.9 Å². The normalized spacial score (nSPS) is 17.1. The maximum Gasteiger partial charge on any atom is 0.407 e. The third kappa shape index (κ3) is 8.63. The summed E-state index contributed by atoms with van der Waals surface area (Å²) in [5.74, 6) is -0.936. The average molecular weight is 418 g/mol. The first-order valence-corrected chi connectivity index (χ1v) is 10.5. The molecule has 1 aromatic carbocycles. The Kier molecular flexibility index (Phi) is 9.83. The maximum absolute atomic E-state index is 12.1. The van der Waals surface area contributed by atoms with E-state index in [1.165, 1.54) is 0 Å². The molecule has 1 aliphatic rings. The smallest absolute Gasteiger partial charge is 0.407 e. The highest BCUT2D eigenvalue weighted by atomic mass is 16.5. The second kappa shape index (κ2) is 12.6. The third-order valence-electron chi connectivity index (χ3n) is 5.18. The Labute approximate surface area is 176 Å². The Morgan fingerprint density at radius 2 is 1.90 bits per heavy atom. The Morgan fingerprint density at radius 1 is 1.13 bits per heavy atom. The molecule has 4 N–H and O–H groups in total. The summed E-state index contributed by atoms with van der Waals surface area (Å²) < 4.78 is 5.12. The zero-order chi connectivity index (χ0) is 21.8. The van der Waals surface area contributed by atoms with Crippen LogP contribution in [0.15, 0.2) is 30.3 Å². The van der Waals surface area contributed by atoms with Crippen LogP contribution in [0.1, 0.15) is 56.9 Å². The minimum absolute atomic E-state index is 0.113. The molecule has 0 aromatic heterocycles. The summed E-state index contributed by atoms with van der Waals surface area (Å²) in [5, 5.41) is 5.37. The molecule has 0 saturated heterocycles. The molecular weight excluding hydrogens is 386 g/mol. The predicted octanol–water partition coefficient (Wildman–Crippen LogP) is 2.20. The number of ketones is 1. The molecule has 1 saturated carbocycles. The molecule has 0 unspecified atom stereocenters. The van der Waals surface area contributed by atoms with Gasteiger partial charge in [-0.3, -0.25) is 14.4 Å². The molecule has 0 bridgehead atoms. The van der Waals surface area contributed by atoms with E-state index in [9.17, 15) is 19.2 Å². The molecule has 0 heterocycles. The summed E-state index contributed by atoms with van der Waals surface area (Å²) in [6, 6.07) is 8.64. The minimum atomic E-state index is -0.789. The van der Waals surface area contributed by atoms with Gasteiger partial charge in [-0.25, -0.2) is 4.79 Å². The van der Waals surface area contributed by atoms with E-state index in [2.05, 4.69) is 10.6 Å². The average Bonchev–Trinajstić information content (AvgIpc) is 2.73. The quantitative estimate of drug-likeness (QED) is 0.476. The first-order valence-electron chi connectivity index (χ1n) is 10.5. The molecule has 30 heavy (non-hydrogen) atoms. The van der Waals surface area contributed by atoms with Crippen LogP contribution in [0.4, 0.5) is 4.79 Å². The largest absolute Gasteiger partial charge is 0.445 e. The standard InChI is InChI=1S/C22H31N3O5/c23-21(28)20(17-10-7-11-18(26)14-17)25-19(27)12-5-2-6-13-24-22(29)30-15-16-8-3-1-4-9-16/h1,3-4,8-9,17,20H,2,5-7,10-15H2,(H2,23,28)(H,24,29)(H,25,27)/t17-,20+/m0/s1. The highest BCUT2D eigenvalue weighted by Crippen LogP contribution is 2.24. The lowest BCUT2D eigenvalue weighted by molar-refractivity contribution is -0.130. The van der Waals surface area contributed by atoms with Gasteiger partial charge in [0.2, 0.25) is 11.8 Å². The van der Waals surface area contributed by atoms with Crippen molar-refractivity contribution < 1.29 is 23.9 Å².